The van der Waals surface area contributed by atoms with Gasteiger partial charge in [0.15, 0.2) is 11.5 Å². The third kappa shape index (κ3) is 3.74. The number of anilines is 2. The molecule has 0 saturated carbocycles. The Labute approximate surface area is 178 Å². The summed E-state index contributed by atoms with van der Waals surface area (Å²) in [5.41, 5.74) is 2.83. The minimum Gasteiger partial charge on any atom is -0.546 e. The summed E-state index contributed by atoms with van der Waals surface area (Å²) in [5, 5.41) is 12.1. The summed E-state index contributed by atoms with van der Waals surface area (Å²) < 4.78 is 10.6. The molecule has 0 amide bonds. The van der Waals surface area contributed by atoms with E-state index in [0.29, 0.717) is 16.3 Å². The van der Waals surface area contributed by atoms with Crippen molar-refractivity contribution in [2.45, 2.75) is 6.42 Å². The van der Waals surface area contributed by atoms with Gasteiger partial charge in [0, 0.05) is 28.7 Å². The smallest absolute Gasteiger partial charge is 0.546 e. The van der Waals surface area contributed by atoms with Gasteiger partial charge in [-0.05, 0) is 30.2 Å². The monoisotopic (exact) mass is 391 g/mol. The number of hydrogen-bond acceptors (Lipinski definition) is 7. The summed E-state index contributed by atoms with van der Waals surface area (Å²) >= 11 is 6.17. The zero-order valence-electron chi connectivity index (χ0n) is 15.4. The largest absolute Gasteiger partial charge is 1.00 e. The fourth-order valence-electron chi connectivity index (χ4n) is 3.25. The molecule has 0 spiro atoms. The van der Waals surface area contributed by atoms with E-state index in [1.165, 1.54) is 19.0 Å². The molecule has 0 fully saturated rings. The molecule has 4 rings (SSSR count). The van der Waals surface area contributed by atoms with E-state index in [0.717, 1.165) is 29.9 Å². The second kappa shape index (κ2) is 8.27. The van der Waals surface area contributed by atoms with Crippen LogP contribution in [-0.2, 0) is 11.2 Å². The number of ether oxygens (including phenoxy) is 2. The normalized spacial score (nSPS) is 12.4. The molecule has 0 bridgehead atoms. The summed E-state index contributed by atoms with van der Waals surface area (Å²) in [6, 6.07) is 9.21. The first kappa shape index (κ1) is 20.3. The molecular weight excluding hydrogens is 377 g/mol. The molecule has 1 aromatic heterocycles. The van der Waals surface area contributed by atoms with E-state index >= 15 is 0 Å². The zero-order valence-corrected chi connectivity index (χ0v) is 16.2. The number of halogens is 1. The molecule has 2 aromatic carbocycles. The molecule has 1 aliphatic rings. The Balaban J connectivity index is 0.00000225. The van der Waals surface area contributed by atoms with Crippen LogP contribution in [0.15, 0.2) is 36.7 Å². The molecule has 3 aromatic rings. The fraction of sp³-hybridized carbons (Fsp3) is 0.211. The fourth-order valence-corrected chi connectivity index (χ4v) is 3.41. The second-order valence-electron chi connectivity index (χ2n) is 6.05. The van der Waals surface area contributed by atoms with Gasteiger partial charge in [-0.1, -0.05) is 17.7 Å². The quantitative estimate of drug-likeness (QED) is 0.522. The number of carbonyl (C=O) groups excluding carboxylic acids is 1. The van der Waals surface area contributed by atoms with Crippen LogP contribution in [0.3, 0.4) is 0 Å². The average molecular weight is 392 g/mol. The number of carbonyl (C=O) groups is 1. The van der Waals surface area contributed by atoms with E-state index in [1.807, 2.05) is 18.2 Å². The van der Waals surface area contributed by atoms with Gasteiger partial charge < -0.3 is 24.3 Å². The Morgan fingerprint density at radius 1 is 1.25 bits per heavy atom. The molecule has 138 valence electrons. The van der Waals surface area contributed by atoms with Crippen molar-refractivity contribution in [3.8, 4) is 11.5 Å². The summed E-state index contributed by atoms with van der Waals surface area (Å²) in [6.07, 6.45) is 2.36. The van der Waals surface area contributed by atoms with Crippen LogP contribution >= 0.6 is 11.6 Å². The molecular formula is C19H15ClLiN3O4. The van der Waals surface area contributed by atoms with E-state index in [4.69, 9.17) is 21.1 Å². The van der Waals surface area contributed by atoms with Crippen molar-refractivity contribution in [3.63, 3.8) is 0 Å². The molecule has 9 heteroatoms. The van der Waals surface area contributed by atoms with Gasteiger partial charge in [-0.3, -0.25) is 0 Å². The number of benzene rings is 2. The van der Waals surface area contributed by atoms with Crippen LogP contribution in [0.1, 0.15) is 5.56 Å². The van der Waals surface area contributed by atoms with Crippen LogP contribution in [0.5, 0.6) is 11.5 Å². The van der Waals surface area contributed by atoms with E-state index in [9.17, 15) is 9.90 Å². The molecule has 28 heavy (non-hydrogen) atoms. The summed E-state index contributed by atoms with van der Waals surface area (Å²) in [6.45, 7) is 0.199. The van der Waals surface area contributed by atoms with Crippen LogP contribution in [0.4, 0.5) is 11.5 Å². The summed E-state index contributed by atoms with van der Waals surface area (Å²) in [5.74, 6) is 0.0888. The van der Waals surface area contributed by atoms with Gasteiger partial charge in [-0.15, -0.1) is 0 Å². The van der Waals surface area contributed by atoms with E-state index in [-0.39, 0.29) is 24.6 Å². The first-order valence-corrected chi connectivity index (χ1v) is 8.66. The van der Waals surface area contributed by atoms with Crippen molar-refractivity contribution in [3.05, 3.63) is 47.2 Å². The maximum Gasteiger partial charge on any atom is 1.00 e. The molecule has 0 atom stereocenters. The van der Waals surface area contributed by atoms with Crippen LogP contribution in [0, 0.1) is 0 Å². The third-order valence-electron chi connectivity index (χ3n) is 4.44. The third-order valence-corrected chi connectivity index (χ3v) is 4.68. The molecule has 1 aliphatic heterocycles. The SMILES string of the molecule is COc1cc2c(N3CCc4ccc(Cl)cc43)ncnc2cc1OCC(=O)[O-].[Li+]. The van der Waals surface area contributed by atoms with Crippen LogP contribution in [0.2, 0.25) is 5.02 Å². The standard InChI is InChI=1S/C19H16ClN3O4.Li/c1-26-16-7-13-14(8-17(16)27-9-18(24)25)21-10-22-19(13)23-5-4-11-2-3-12(20)6-15(11)23;/h2-3,6-8,10H,4-5,9H2,1H3,(H,24,25);/q;+1/p-1. The molecule has 0 unspecified atom stereocenters. The Hall–Kier alpha value is -2.46. The first-order chi connectivity index (χ1) is 13.1. The summed E-state index contributed by atoms with van der Waals surface area (Å²) in [4.78, 5) is 21.5. The van der Waals surface area contributed by atoms with Crippen LogP contribution in [0.25, 0.3) is 10.9 Å². The molecule has 7 nitrogen and oxygen atoms in total. The number of rotatable bonds is 5. The van der Waals surface area contributed by atoms with E-state index < -0.39 is 12.6 Å². The minimum atomic E-state index is -1.31. The summed E-state index contributed by atoms with van der Waals surface area (Å²) in [7, 11) is 1.49. The molecule has 0 saturated heterocycles. The van der Waals surface area contributed by atoms with Crippen molar-refractivity contribution >= 4 is 40.0 Å². The van der Waals surface area contributed by atoms with Gasteiger partial charge in [0.05, 0.1) is 18.6 Å². The number of aliphatic carboxylic acids is 1. The maximum atomic E-state index is 10.7. The Kier molecular flexibility index (Phi) is 5.99. The van der Waals surface area contributed by atoms with Crippen molar-refractivity contribution in [2.75, 3.05) is 25.2 Å². The van der Waals surface area contributed by atoms with Gasteiger partial charge in [-0.25, -0.2) is 9.97 Å². The van der Waals surface area contributed by atoms with E-state index in [2.05, 4.69) is 14.9 Å². The Morgan fingerprint density at radius 3 is 2.82 bits per heavy atom. The predicted octanol–water partition coefficient (Wildman–Crippen LogP) is -0.881. The molecule has 0 aliphatic carbocycles. The van der Waals surface area contributed by atoms with Gasteiger partial charge in [0.2, 0.25) is 0 Å². The Bertz CT molecular complexity index is 1050. The number of carboxylic acids is 1. The van der Waals surface area contributed by atoms with Crippen molar-refractivity contribution in [1.29, 1.82) is 0 Å². The zero-order chi connectivity index (χ0) is 19.0. The topological polar surface area (TPSA) is 87.6 Å². The first-order valence-electron chi connectivity index (χ1n) is 8.28. The number of methoxy groups -OCH3 is 1. The average Bonchev–Trinajstić information content (AvgIpc) is 3.07. The molecule has 0 N–H and O–H groups in total. The van der Waals surface area contributed by atoms with Crippen molar-refractivity contribution in [2.24, 2.45) is 0 Å². The second-order valence-corrected chi connectivity index (χ2v) is 6.49. The van der Waals surface area contributed by atoms with Gasteiger partial charge in [-0.2, -0.15) is 0 Å². The number of nitrogens with zero attached hydrogens (tertiary/aromatic N) is 3. The number of carboxylic acid groups (broad SMARTS) is 1. The number of hydrogen-bond donors (Lipinski definition) is 0. The molecule has 2 heterocycles. The number of aromatic nitrogens is 2. The predicted molar refractivity (Wildman–Crippen MR) is 98.8 cm³/mol. The van der Waals surface area contributed by atoms with Gasteiger partial charge in [0.1, 0.15) is 18.8 Å². The maximum absolute atomic E-state index is 10.7. The molecule has 0 radical (unpaired) electrons. The number of fused-ring (bicyclic) bond motifs is 2. The van der Waals surface area contributed by atoms with Crippen molar-refractivity contribution in [1.82, 2.24) is 9.97 Å². The van der Waals surface area contributed by atoms with E-state index in [1.54, 1.807) is 12.1 Å². The van der Waals surface area contributed by atoms with Gasteiger partial charge >= 0.3 is 18.9 Å². The minimum absolute atomic E-state index is 0. The van der Waals surface area contributed by atoms with Crippen molar-refractivity contribution < 1.29 is 38.2 Å². The Morgan fingerprint density at radius 2 is 2.07 bits per heavy atom. The van der Waals surface area contributed by atoms with Gasteiger partial charge in [0.25, 0.3) is 0 Å². The van der Waals surface area contributed by atoms with Crippen LogP contribution in [-0.4, -0.2) is 36.2 Å². The van der Waals surface area contributed by atoms with Crippen LogP contribution < -0.4 is 38.3 Å².